The first-order chi connectivity index (χ1) is 9.46. The number of carbonyl (C=O) groups excluding carboxylic acids is 1. The number of anilines is 2. The highest BCUT2D eigenvalue weighted by Crippen LogP contribution is 2.23. The highest BCUT2D eigenvalue weighted by atomic mass is 16.3. The molecule has 0 aliphatic heterocycles. The van der Waals surface area contributed by atoms with Gasteiger partial charge in [0, 0.05) is 24.3 Å². The standard InChI is InChI=1S/C15H21N3O2/c1-15(2,7-4-8-16)11-17-12-5-3-6-13(9-12)18-14(20)10-19/h3,5-6,9,17,19H,4,7,10-11H2,1-2H3,(H,18,20). The predicted octanol–water partition coefficient (Wildman–Crippen LogP) is 2.36. The SMILES string of the molecule is CC(C)(CCC#N)CNc1cccc(NC(=O)CO)c1. The Bertz CT molecular complexity index is 492. The van der Waals surface area contributed by atoms with Crippen LogP contribution in [0.15, 0.2) is 24.3 Å². The molecule has 0 saturated heterocycles. The van der Waals surface area contributed by atoms with Gasteiger partial charge >= 0.3 is 0 Å². The minimum absolute atomic E-state index is 0.0279. The zero-order valence-corrected chi connectivity index (χ0v) is 11.9. The molecule has 1 aromatic rings. The van der Waals surface area contributed by atoms with E-state index in [0.29, 0.717) is 12.1 Å². The van der Waals surface area contributed by atoms with Gasteiger partial charge in [-0.05, 0) is 30.0 Å². The van der Waals surface area contributed by atoms with Crippen LogP contribution in [-0.2, 0) is 4.79 Å². The molecule has 0 bridgehead atoms. The monoisotopic (exact) mass is 275 g/mol. The Morgan fingerprint density at radius 2 is 2.10 bits per heavy atom. The summed E-state index contributed by atoms with van der Waals surface area (Å²) in [6.07, 6.45) is 1.37. The van der Waals surface area contributed by atoms with Crippen molar-refractivity contribution in [3.63, 3.8) is 0 Å². The van der Waals surface area contributed by atoms with Gasteiger partial charge in [-0.25, -0.2) is 0 Å². The largest absolute Gasteiger partial charge is 0.387 e. The molecule has 1 amide bonds. The molecule has 0 unspecified atom stereocenters. The summed E-state index contributed by atoms with van der Waals surface area (Å²) < 4.78 is 0. The first-order valence-corrected chi connectivity index (χ1v) is 6.58. The summed E-state index contributed by atoms with van der Waals surface area (Å²) in [7, 11) is 0. The van der Waals surface area contributed by atoms with Gasteiger partial charge in [-0.1, -0.05) is 19.9 Å². The Morgan fingerprint density at radius 3 is 2.75 bits per heavy atom. The predicted molar refractivity (Wildman–Crippen MR) is 79.3 cm³/mol. The molecule has 0 radical (unpaired) electrons. The van der Waals surface area contributed by atoms with Gasteiger partial charge in [-0.3, -0.25) is 4.79 Å². The fourth-order valence-electron chi connectivity index (χ4n) is 1.73. The van der Waals surface area contributed by atoms with Gasteiger partial charge in [-0.2, -0.15) is 5.26 Å². The number of hydrogen-bond acceptors (Lipinski definition) is 4. The van der Waals surface area contributed by atoms with E-state index in [-0.39, 0.29) is 5.41 Å². The van der Waals surface area contributed by atoms with Gasteiger partial charge in [0.05, 0.1) is 6.07 Å². The van der Waals surface area contributed by atoms with Gasteiger partial charge in [0.1, 0.15) is 6.61 Å². The summed E-state index contributed by atoms with van der Waals surface area (Å²) in [5.74, 6) is -0.434. The Kier molecular flexibility index (Phi) is 6.01. The van der Waals surface area contributed by atoms with E-state index in [4.69, 9.17) is 10.4 Å². The fraction of sp³-hybridized carbons (Fsp3) is 0.467. The van der Waals surface area contributed by atoms with Crippen molar-refractivity contribution in [2.24, 2.45) is 5.41 Å². The van der Waals surface area contributed by atoms with Crippen molar-refractivity contribution >= 4 is 17.3 Å². The van der Waals surface area contributed by atoms with E-state index in [1.165, 1.54) is 0 Å². The molecule has 0 aliphatic rings. The third-order valence-electron chi connectivity index (χ3n) is 2.97. The van der Waals surface area contributed by atoms with E-state index >= 15 is 0 Å². The van der Waals surface area contributed by atoms with Crippen LogP contribution in [-0.4, -0.2) is 24.2 Å². The van der Waals surface area contributed by atoms with Crippen molar-refractivity contribution in [2.75, 3.05) is 23.8 Å². The molecule has 5 nitrogen and oxygen atoms in total. The van der Waals surface area contributed by atoms with E-state index in [1.54, 1.807) is 6.07 Å². The number of carbonyl (C=O) groups is 1. The van der Waals surface area contributed by atoms with E-state index < -0.39 is 12.5 Å². The summed E-state index contributed by atoms with van der Waals surface area (Å²) in [5, 5.41) is 23.2. The first-order valence-electron chi connectivity index (χ1n) is 6.58. The van der Waals surface area contributed by atoms with Gasteiger partial charge in [0.2, 0.25) is 5.91 Å². The van der Waals surface area contributed by atoms with Crippen molar-refractivity contribution in [3.05, 3.63) is 24.3 Å². The normalized spacial score (nSPS) is 10.7. The number of hydrogen-bond donors (Lipinski definition) is 3. The van der Waals surface area contributed by atoms with E-state index in [2.05, 4.69) is 30.6 Å². The van der Waals surface area contributed by atoms with Crippen molar-refractivity contribution in [1.82, 2.24) is 0 Å². The minimum atomic E-state index is -0.529. The Morgan fingerprint density at radius 1 is 1.40 bits per heavy atom. The Hall–Kier alpha value is -2.06. The third-order valence-corrected chi connectivity index (χ3v) is 2.97. The smallest absolute Gasteiger partial charge is 0.250 e. The van der Waals surface area contributed by atoms with Crippen LogP contribution in [0.25, 0.3) is 0 Å². The molecule has 0 fully saturated rings. The average molecular weight is 275 g/mol. The zero-order chi connectivity index (χ0) is 15.0. The third kappa shape index (κ3) is 5.72. The van der Waals surface area contributed by atoms with Crippen LogP contribution >= 0.6 is 0 Å². The molecule has 0 spiro atoms. The van der Waals surface area contributed by atoms with Crippen molar-refractivity contribution in [2.45, 2.75) is 26.7 Å². The van der Waals surface area contributed by atoms with Gasteiger partial charge < -0.3 is 15.7 Å². The van der Waals surface area contributed by atoms with Crippen molar-refractivity contribution < 1.29 is 9.90 Å². The lowest BCUT2D eigenvalue weighted by atomic mass is 9.88. The molecule has 0 heterocycles. The highest BCUT2D eigenvalue weighted by Gasteiger charge is 2.17. The number of rotatable bonds is 7. The summed E-state index contributed by atoms with van der Waals surface area (Å²) in [4.78, 5) is 11.1. The fourth-order valence-corrected chi connectivity index (χ4v) is 1.73. The average Bonchev–Trinajstić information content (AvgIpc) is 2.43. The quantitative estimate of drug-likeness (QED) is 0.713. The number of aliphatic hydroxyl groups excluding tert-OH is 1. The van der Waals surface area contributed by atoms with Crippen LogP contribution in [0.4, 0.5) is 11.4 Å². The lowest BCUT2D eigenvalue weighted by molar-refractivity contribution is -0.118. The van der Waals surface area contributed by atoms with Crippen LogP contribution in [0.1, 0.15) is 26.7 Å². The molecule has 0 aliphatic carbocycles. The molecule has 0 aromatic heterocycles. The number of amides is 1. The molecule has 3 N–H and O–H groups in total. The van der Waals surface area contributed by atoms with Crippen LogP contribution in [0.5, 0.6) is 0 Å². The van der Waals surface area contributed by atoms with Gasteiger partial charge in [0.15, 0.2) is 0 Å². The van der Waals surface area contributed by atoms with Gasteiger partial charge in [0.25, 0.3) is 0 Å². The van der Waals surface area contributed by atoms with Crippen molar-refractivity contribution in [1.29, 1.82) is 5.26 Å². The summed E-state index contributed by atoms with van der Waals surface area (Å²) >= 11 is 0. The number of benzene rings is 1. The van der Waals surface area contributed by atoms with Crippen LogP contribution in [0, 0.1) is 16.7 Å². The van der Waals surface area contributed by atoms with Crippen LogP contribution in [0.3, 0.4) is 0 Å². The summed E-state index contributed by atoms with van der Waals surface area (Å²) in [6, 6.07) is 9.48. The molecule has 1 rings (SSSR count). The molecular formula is C15H21N3O2. The number of nitrogens with zero attached hydrogens (tertiary/aromatic N) is 1. The molecule has 1 aromatic carbocycles. The van der Waals surface area contributed by atoms with Crippen LogP contribution < -0.4 is 10.6 Å². The van der Waals surface area contributed by atoms with Crippen molar-refractivity contribution in [3.8, 4) is 6.07 Å². The second kappa shape index (κ2) is 7.51. The molecular weight excluding hydrogens is 254 g/mol. The maximum atomic E-state index is 11.1. The number of aliphatic hydroxyl groups is 1. The molecule has 0 saturated carbocycles. The second-order valence-corrected chi connectivity index (χ2v) is 5.46. The molecule has 0 atom stereocenters. The maximum Gasteiger partial charge on any atom is 0.250 e. The molecule has 108 valence electrons. The lowest BCUT2D eigenvalue weighted by Crippen LogP contribution is -2.23. The van der Waals surface area contributed by atoms with Gasteiger partial charge in [-0.15, -0.1) is 0 Å². The highest BCUT2D eigenvalue weighted by molar-refractivity contribution is 5.91. The lowest BCUT2D eigenvalue weighted by Gasteiger charge is -2.24. The zero-order valence-electron chi connectivity index (χ0n) is 11.9. The summed E-state index contributed by atoms with van der Waals surface area (Å²) in [6.45, 7) is 4.42. The number of nitrogens with one attached hydrogen (secondary N) is 2. The first kappa shape index (κ1) is 16.0. The molecule has 5 heteroatoms. The Balaban J connectivity index is 2.58. The number of nitriles is 1. The summed E-state index contributed by atoms with van der Waals surface area (Å²) in [5.41, 5.74) is 1.56. The minimum Gasteiger partial charge on any atom is -0.387 e. The van der Waals surface area contributed by atoms with Crippen LogP contribution in [0.2, 0.25) is 0 Å². The van der Waals surface area contributed by atoms with E-state index in [1.807, 2.05) is 18.2 Å². The topological polar surface area (TPSA) is 85.2 Å². The molecule has 20 heavy (non-hydrogen) atoms. The van der Waals surface area contributed by atoms with E-state index in [9.17, 15) is 4.79 Å². The second-order valence-electron chi connectivity index (χ2n) is 5.46. The maximum absolute atomic E-state index is 11.1. The Labute approximate surface area is 119 Å². The van der Waals surface area contributed by atoms with E-state index in [0.717, 1.165) is 18.7 Å².